The van der Waals surface area contributed by atoms with E-state index in [4.69, 9.17) is 5.11 Å². The number of epoxide rings is 1. The van der Waals surface area contributed by atoms with E-state index in [9.17, 15) is 0 Å². The van der Waals surface area contributed by atoms with Crippen LogP contribution in [0.15, 0.2) is 0 Å². The highest BCUT2D eigenvalue weighted by atomic mass is 16.7. The lowest BCUT2D eigenvalue weighted by atomic mass is 10.3. The van der Waals surface area contributed by atoms with Crippen LogP contribution in [0.3, 0.4) is 0 Å². The molecule has 0 aromatic rings. The van der Waals surface area contributed by atoms with E-state index in [2.05, 4.69) is 4.74 Å². The standard InChI is InChI=1S/C4H8O2/c1-3-4(2,5)6-3/h3,5H,1-2H3. The topological polar surface area (TPSA) is 32.8 Å². The van der Waals surface area contributed by atoms with Crippen molar-refractivity contribution in [3.63, 3.8) is 0 Å². The van der Waals surface area contributed by atoms with E-state index in [0.29, 0.717) is 0 Å². The Kier molecular flexibility index (Phi) is 0.524. The van der Waals surface area contributed by atoms with Crippen molar-refractivity contribution < 1.29 is 9.84 Å². The zero-order valence-electron chi connectivity index (χ0n) is 3.93. The summed E-state index contributed by atoms with van der Waals surface area (Å²) in [6.45, 7) is 3.48. The van der Waals surface area contributed by atoms with Gasteiger partial charge in [-0.1, -0.05) is 0 Å². The van der Waals surface area contributed by atoms with Crippen molar-refractivity contribution in [1.82, 2.24) is 0 Å². The highest BCUT2D eigenvalue weighted by molar-refractivity contribution is 4.83. The Morgan fingerprint density at radius 2 is 2.00 bits per heavy atom. The quantitative estimate of drug-likeness (QED) is 0.426. The van der Waals surface area contributed by atoms with Crippen LogP contribution in [-0.4, -0.2) is 17.0 Å². The number of hydrogen-bond donors (Lipinski definition) is 1. The van der Waals surface area contributed by atoms with Crippen molar-refractivity contribution in [2.45, 2.75) is 25.7 Å². The van der Waals surface area contributed by atoms with Crippen molar-refractivity contribution in [2.24, 2.45) is 0 Å². The molecule has 1 aliphatic rings. The first kappa shape index (κ1) is 4.09. The van der Waals surface area contributed by atoms with Crippen LogP contribution in [0.2, 0.25) is 0 Å². The van der Waals surface area contributed by atoms with Crippen LogP contribution in [-0.2, 0) is 4.74 Å². The molecule has 6 heavy (non-hydrogen) atoms. The van der Waals surface area contributed by atoms with Crippen LogP contribution < -0.4 is 0 Å². The Labute approximate surface area is 36.7 Å². The van der Waals surface area contributed by atoms with Gasteiger partial charge in [0.2, 0.25) is 0 Å². The minimum Gasteiger partial charge on any atom is -0.364 e. The maximum Gasteiger partial charge on any atom is 0.189 e. The maximum absolute atomic E-state index is 8.68. The summed E-state index contributed by atoms with van der Waals surface area (Å²) in [5.74, 6) is -0.792. The third-order valence-electron chi connectivity index (χ3n) is 1.11. The minimum atomic E-state index is -0.792. The van der Waals surface area contributed by atoms with Crippen molar-refractivity contribution in [3.8, 4) is 0 Å². The molecule has 0 aromatic carbocycles. The molecule has 0 bridgehead atoms. The lowest BCUT2D eigenvalue weighted by Crippen LogP contribution is -2.03. The molecule has 0 aliphatic carbocycles. The van der Waals surface area contributed by atoms with Crippen molar-refractivity contribution in [2.75, 3.05) is 0 Å². The second-order valence-electron chi connectivity index (χ2n) is 1.81. The molecule has 36 valence electrons. The van der Waals surface area contributed by atoms with Crippen LogP contribution in [0.1, 0.15) is 13.8 Å². The van der Waals surface area contributed by atoms with Gasteiger partial charge in [-0.05, 0) is 13.8 Å². The first-order chi connectivity index (χ1) is 2.63. The van der Waals surface area contributed by atoms with Crippen LogP contribution in [0.25, 0.3) is 0 Å². The molecule has 0 aromatic heterocycles. The second-order valence-corrected chi connectivity index (χ2v) is 1.81. The molecule has 2 nitrogen and oxygen atoms in total. The Morgan fingerprint density at radius 1 is 1.83 bits per heavy atom. The Hall–Kier alpha value is -0.0800. The van der Waals surface area contributed by atoms with Gasteiger partial charge in [0.15, 0.2) is 5.79 Å². The fourth-order valence-electron chi connectivity index (χ4n) is 0.324. The van der Waals surface area contributed by atoms with Crippen molar-refractivity contribution >= 4 is 0 Å². The van der Waals surface area contributed by atoms with Gasteiger partial charge in [-0.3, -0.25) is 0 Å². The SMILES string of the molecule is CC1OC1(C)O. The summed E-state index contributed by atoms with van der Waals surface area (Å²) in [4.78, 5) is 0. The maximum atomic E-state index is 8.68. The first-order valence-corrected chi connectivity index (χ1v) is 2.03. The van der Waals surface area contributed by atoms with Crippen molar-refractivity contribution in [3.05, 3.63) is 0 Å². The molecule has 2 heteroatoms. The number of ether oxygens (including phenoxy) is 1. The van der Waals surface area contributed by atoms with Gasteiger partial charge in [-0.15, -0.1) is 0 Å². The largest absolute Gasteiger partial charge is 0.364 e. The summed E-state index contributed by atoms with van der Waals surface area (Å²) in [5, 5.41) is 8.68. The smallest absolute Gasteiger partial charge is 0.189 e. The third-order valence-corrected chi connectivity index (χ3v) is 1.11. The van der Waals surface area contributed by atoms with Crippen molar-refractivity contribution in [1.29, 1.82) is 0 Å². The van der Waals surface area contributed by atoms with Gasteiger partial charge in [0.1, 0.15) is 6.10 Å². The molecule has 1 heterocycles. The molecule has 2 unspecified atom stereocenters. The average Bonchev–Trinajstić information content (AvgIpc) is 1.73. The van der Waals surface area contributed by atoms with E-state index in [0.717, 1.165) is 0 Å². The second kappa shape index (κ2) is 0.768. The third kappa shape index (κ3) is 0.420. The molecule has 1 fully saturated rings. The monoisotopic (exact) mass is 88.1 g/mol. The minimum absolute atomic E-state index is 0.0532. The summed E-state index contributed by atoms with van der Waals surface area (Å²) in [5.41, 5.74) is 0. The van der Waals surface area contributed by atoms with E-state index in [1.54, 1.807) is 6.92 Å². The number of hydrogen-bond acceptors (Lipinski definition) is 2. The number of rotatable bonds is 0. The molecule has 1 rings (SSSR count). The van der Waals surface area contributed by atoms with Crippen LogP contribution in [0.4, 0.5) is 0 Å². The summed E-state index contributed by atoms with van der Waals surface area (Å²) in [7, 11) is 0. The Bertz CT molecular complexity index is 67.9. The fraction of sp³-hybridized carbons (Fsp3) is 1.00. The van der Waals surface area contributed by atoms with Gasteiger partial charge in [0, 0.05) is 0 Å². The number of aliphatic hydroxyl groups is 1. The molecule has 0 amide bonds. The van der Waals surface area contributed by atoms with Gasteiger partial charge < -0.3 is 9.84 Å². The predicted molar refractivity (Wildman–Crippen MR) is 21.2 cm³/mol. The summed E-state index contributed by atoms with van der Waals surface area (Å²) in [6.07, 6.45) is 0.0532. The van der Waals surface area contributed by atoms with E-state index in [-0.39, 0.29) is 6.10 Å². The van der Waals surface area contributed by atoms with Crippen LogP contribution >= 0.6 is 0 Å². The van der Waals surface area contributed by atoms with Gasteiger partial charge in [-0.25, -0.2) is 0 Å². The Balaban J connectivity index is 2.41. The molecule has 1 N–H and O–H groups in total. The molecule has 0 radical (unpaired) electrons. The van der Waals surface area contributed by atoms with E-state index >= 15 is 0 Å². The fourth-order valence-corrected chi connectivity index (χ4v) is 0.324. The highest BCUT2D eigenvalue weighted by Gasteiger charge is 2.46. The summed E-state index contributed by atoms with van der Waals surface area (Å²) in [6, 6.07) is 0. The zero-order valence-corrected chi connectivity index (χ0v) is 3.93. The molecule has 1 aliphatic heterocycles. The van der Waals surface area contributed by atoms with Gasteiger partial charge in [-0.2, -0.15) is 0 Å². The summed E-state index contributed by atoms with van der Waals surface area (Å²) < 4.78 is 4.66. The first-order valence-electron chi connectivity index (χ1n) is 2.03. The van der Waals surface area contributed by atoms with E-state index in [1.165, 1.54) is 0 Å². The molecular formula is C4H8O2. The molecule has 0 spiro atoms. The zero-order chi connectivity index (χ0) is 4.78. The molecular weight excluding hydrogens is 80.0 g/mol. The molecule has 0 saturated carbocycles. The van der Waals surface area contributed by atoms with Gasteiger partial charge in [0.25, 0.3) is 0 Å². The normalized spacial score (nSPS) is 55.5. The van der Waals surface area contributed by atoms with Gasteiger partial charge in [0.05, 0.1) is 0 Å². The van der Waals surface area contributed by atoms with E-state index < -0.39 is 5.79 Å². The molecule has 1 saturated heterocycles. The average molecular weight is 88.1 g/mol. The lowest BCUT2D eigenvalue weighted by Gasteiger charge is -1.84. The van der Waals surface area contributed by atoms with Crippen LogP contribution in [0, 0.1) is 0 Å². The predicted octanol–water partition coefficient (Wildman–Crippen LogP) is 0.114. The lowest BCUT2D eigenvalue weighted by molar-refractivity contribution is 0.0549. The highest BCUT2D eigenvalue weighted by Crippen LogP contribution is 2.31. The van der Waals surface area contributed by atoms with Gasteiger partial charge >= 0.3 is 0 Å². The van der Waals surface area contributed by atoms with E-state index in [1.807, 2.05) is 6.92 Å². The summed E-state index contributed by atoms with van der Waals surface area (Å²) >= 11 is 0. The van der Waals surface area contributed by atoms with Crippen LogP contribution in [0.5, 0.6) is 0 Å². The Morgan fingerprint density at radius 3 is 2.00 bits per heavy atom. The molecule has 2 atom stereocenters.